The Morgan fingerprint density at radius 1 is 1.24 bits per heavy atom. The van der Waals surface area contributed by atoms with E-state index in [1.165, 1.54) is 0 Å². The number of hydrogen-bond donors (Lipinski definition) is 2. The van der Waals surface area contributed by atoms with E-state index >= 15 is 0 Å². The zero-order valence-electron chi connectivity index (χ0n) is 13.6. The largest absolute Gasteiger partial charge is 0.497 e. The molecule has 0 aliphatic carbocycles. The van der Waals surface area contributed by atoms with Crippen molar-refractivity contribution in [2.75, 3.05) is 13.7 Å². The molecule has 0 bridgehead atoms. The van der Waals surface area contributed by atoms with Crippen molar-refractivity contribution in [1.29, 1.82) is 0 Å². The number of carbonyl (C=O) groups is 2. The summed E-state index contributed by atoms with van der Waals surface area (Å²) in [5, 5.41) is 7.64. The monoisotopic (exact) mass is 355 g/mol. The predicted molar refractivity (Wildman–Crippen MR) is 94.2 cm³/mol. The summed E-state index contributed by atoms with van der Waals surface area (Å²) >= 11 is 1.62. The van der Waals surface area contributed by atoms with Crippen LogP contribution in [-0.4, -0.2) is 30.5 Å². The van der Waals surface area contributed by atoms with Crippen LogP contribution in [0.1, 0.15) is 16.5 Å². The lowest BCUT2D eigenvalue weighted by Crippen LogP contribution is -2.44. The molecule has 0 spiro atoms. The molecule has 0 fully saturated rings. The zero-order chi connectivity index (χ0) is 17.4. The first-order valence-corrected chi connectivity index (χ1v) is 8.80. The summed E-state index contributed by atoms with van der Waals surface area (Å²) in [5.41, 5.74) is 2.15. The van der Waals surface area contributed by atoms with Crippen molar-refractivity contribution in [1.82, 2.24) is 15.5 Å². The molecule has 1 aromatic carbocycles. The van der Waals surface area contributed by atoms with Crippen molar-refractivity contribution < 1.29 is 14.3 Å². The number of amides is 3. The van der Waals surface area contributed by atoms with Gasteiger partial charge in [-0.3, -0.25) is 4.79 Å². The van der Waals surface area contributed by atoms with Crippen LogP contribution in [0.25, 0.3) is 0 Å². The Morgan fingerprint density at radius 3 is 2.72 bits per heavy atom. The van der Waals surface area contributed by atoms with Gasteiger partial charge in [-0.1, -0.05) is 18.2 Å². The first kappa shape index (κ1) is 15.7. The van der Waals surface area contributed by atoms with Crippen molar-refractivity contribution in [3.05, 3.63) is 63.5 Å². The van der Waals surface area contributed by atoms with E-state index in [9.17, 15) is 9.59 Å². The number of nitrogens with zero attached hydrogens (tertiary/aromatic N) is 1. The zero-order valence-corrected chi connectivity index (χ0v) is 14.4. The second-order valence-electron chi connectivity index (χ2n) is 5.94. The molecule has 4 rings (SSSR count). The molecule has 2 aliphatic heterocycles. The third kappa shape index (κ3) is 2.87. The standard InChI is InChI=1S/C18H17N3O3S/c1-24-12-6-4-11(5-7-12)16-15-14(19-18(23)20-16)10-21(17(15)22)9-13-3-2-8-25-13/h2-8,16H,9-10H2,1H3,(H2,19,20,23). The van der Waals surface area contributed by atoms with E-state index in [2.05, 4.69) is 10.6 Å². The highest BCUT2D eigenvalue weighted by molar-refractivity contribution is 7.09. The Bertz CT molecular complexity index is 843. The number of ether oxygens (including phenoxy) is 1. The van der Waals surface area contributed by atoms with E-state index in [0.29, 0.717) is 24.4 Å². The fourth-order valence-electron chi connectivity index (χ4n) is 3.19. The number of nitrogens with one attached hydrogen (secondary N) is 2. The molecule has 0 radical (unpaired) electrons. The fourth-order valence-corrected chi connectivity index (χ4v) is 3.91. The van der Waals surface area contributed by atoms with E-state index < -0.39 is 6.04 Å². The second-order valence-corrected chi connectivity index (χ2v) is 6.97. The second kappa shape index (κ2) is 6.25. The van der Waals surface area contributed by atoms with Gasteiger partial charge in [0.05, 0.1) is 37.5 Å². The summed E-state index contributed by atoms with van der Waals surface area (Å²) in [5.74, 6) is 0.687. The molecule has 25 heavy (non-hydrogen) atoms. The van der Waals surface area contributed by atoms with Crippen LogP contribution in [0.3, 0.4) is 0 Å². The van der Waals surface area contributed by atoms with Crippen molar-refractivity contribution in [3.63, 3.8) is 0 Å². The quantitative estimate of drug-likeness (QED) is 0.885. The number of urea groups is 1. The summed E-state index contributed by atoms with van der Waals surface area (Å²) in [4.78, 5) is 27.9. The maximum Gasteiger partial charge on any atom is 0.319 e. The lowest BCUT2D eigenvalue weighted by molar-refractivity contribution is -0.126. The van der Waals surface area contributed by atoms with Gasteiger partial charge in [-0.15, -0.1) is 11.3 Å². The Balaban J connectivity index is 1.63. The minimum absolute atomic E-state index is 0.0447. The molecule has 7 heteroatoms. The van der Waals surface area contributed by atoms with Crippen molar-refractivity contribution in [2.24, 2.45) is 0 Å². The molecular formula is C18H17N3O3S. The molecule has 6 nitrogen and oxygen atoms in total. The Labute approximate surface area is 149 Å². The molecule has 1 unspecified atom stereocenters. The highest BCUT2D eigenvalue weighted by Crippen LogP contribution is 2.34. The number of rotatable bonds is 4. The molecule has 2 aliphatic rings. The van der Waals surface area contributed by atoms with Gasteiger partial charge in [-0.25, -0.2) is 4.79 Å². The van der Waals surface area contributed by atoms with Gasteiger partial charge >= 0.3 is 6.03 Å². The van der Waals surface area contributed by atoms with Crippen molar-refractivity contribution in [3.8, 4) is 5.75 Å². The van der Waals surface area contributed by atoms with Gasteiger partial charge in [-0.05, 0) is 29.1 Å². The number of carbonyl (C=O) groups excluding carboxylic acids is 2. The molecule has 2 aromatic rings. The Kier molecular flexibility index (Phi) is 3.93. The van der Waals surface area contributed by atoms with E-state index in [1.807, 2.05) is 41.8 Å². The number of hydrogen-bond acceptors (Lipinski definition) is 4. The van der Waals surface area contributed by atoms with Gasteiger partial charge in [0.2, 0.25) is 0 Å². The number of thiophene rings is 1. The van der Waals surface area contributed by atoms with E-state index in [0.717, 1.165) is 16.2 Å². The van der Waals surface area contributed by atoms with Gasteiger partial charge in [0.1, 0.15) is 5.75 Å². The highest BCUT2D eigenvalue weighted by Gasteiger charge is 2.40. The summed E-state index contributed by atoms with van der Waals surface area (Å²) in [6.45, 7) is 0.973. The number of methoxy groups -OCH3 is 1. The number of benzene rings is 1. The van der Waals surface area contributed by atoms with E-state index in [1.54, 1.807) is 23.3 Å². The topological polar surface area (TPSA) is 70.7 Å². The van der Waals surface area contributed by atoms with Crippen LogP contribution in [-0.2, 0) is 11.3 Å². The van der Waals surface area contributed by atoms with Crippen LogP contribution in [0.15, 0.2) is 53.0 Å². The molecule has 3 heterocycles. The Hall–Kier alpha value is -2.80. The van der Waals surface area contributed by atoms with Crippen LogP contribution in [0.5, 0.6) is 5.75 Å². The predicted octanol–water partition coefficient (Wildman–Crippen LogP) is 2.41. The minimum Gasteiger partial charge on any atom is -0.497 e. The van der Waals surface area contributed by atoms with Gasteiger partial charge < -0.3 is 20.3 Å². The molecule has 1 aromatic heterocycles. The van der Waals surface area contributed by atoms with Gasteiger partial charge in [0.25, 0.3) is 5.91 Å². The molecule has 128 valence electrons. The SMILES string of the molecule is COc1ccc(C2NC(=O)NC3=C2C(=O)N(Cc2cccs2)C3)cc1. The molecule has 1 atom stereocenters. The Morgan fingerprint density at radius 2 is 2.04 bits per heavy atom. The maximum atomic E-state index is 12.9. The fraction of sp³-hybridized carbons (Fsp3) is 0.222. The summed E-state index contributed by atoms with van der Waals surface area (Å²) < 4.78 is 5.18. The minimum atomic E-state index is -0.449. The van der Waals surface area contributed by atoms with Crippen LogP contribution in [0.2, 0.25) is 0 Å². The summed E-state index contributed by atoms with van der Waals surface area (Å²) in [6.07, 6.45) is 0. The molecule has 0 saturated carbocycles. The summed E-state index contributed by atoms with van der Waals surface area (Å²) in [6, 6.07) is 10.6. The molecule has 0 saturated heterocycles. The van der Waals surface area contributed by atoms with Crippen LogP contribution in [0.4, 0.5) is 4.79 Å². The normalized spacial score (nSPS) is 19.6. The third-order valence-corrected chi connectivity index (χ3v) is 5.26. The van der Waals surface area contributed by atoms with Crippen LogP contribution < -0.4 is 15.4 Å². The van der Waals surface area contributed by atoms with E-state index in [-0.39, 0.29) is 11.9 Å². The van der Waals surface area contributed by atoms with Gasteiger partial charge in [0, 0.05) is 4.88 Å². The van der Waals surface area contributed by atoms with Gasteiger partial charge in [0.15, 0.2) is 0 Å². The molecule has 2 N–H and O–H groups in total. The first-order chi connectivity index (χ1) is 12.2. The van der Waals surface area contributed by atoms with Crippen LogP contribution in [0, 0.1) is 0 Å². The third-order valence-electron chi connectivity index (χ3n) is 4.40. The van der Waals surface area contributed by atoms with Crippen molar-refractivity contribution in [2.45, 2.75) is 12.6 Å². The molecular weight excluding hydrogens is 338 g/mol. The van der Waals surface area contributed by atoms with E-state index in [4.69, 9.17) is 4.74 Å². The van der Waals surface area contributed by atoms with Crippen LogP contribution >= 0.6 is 11.3 Å². The van der Waals surface area contributed by atoms with Gasteiger partial charge in [-0.2, -0.15) is 0 Å². The highest BCUT2D eigenvalue weighted by atomic mass is 32.1. The lowest BCUT2D eigenvalue weighted by Gasteiger charge is -2.25. The van der Waals surface area contributed by atoms with Crippen molar-refractivity contribution >= 4 is 23.3 Å². The smallest absolute Gasteiger partial charge is 0.319 e. The summed E-state index contributed by atoms with van der Waals surface area (Å²) in [7, 11) is 1.60. The lowest BCUT2D eigenvalue weighted by atomic mass is 9.96. The average Bonchev–Trinajstić information content (AvgIpc) is 3.23. The first-order valence-electron chi connectivity index (χ1n) is 7.92. The average molecular weight is 355 g/mol. The molecule has 3 amide bonds. The maximum absolute atomic E-state index is 12.9.